The summed E-state index contributed by atoms with van der Waals surface area (Å²) in [6.45, 7) is 4.28. The quantitative estimate of drug-likeness (QED) is 0.784. The number of hydrogen-bond acceptors (Lipinski definition) is 3. The van der Waals surface area contributed by atoms with Crippen LogP contribution >= 0.6 is 0 Å². The van der Waals surface area contributed by atoms with Crippen LogP contribution in [0.25, 0.3) is 0 Å². The fourth-order valence-electron chi connectivity index (χ4n) is 2.23. The van der Waals surface area contributed by atoms with Crippen molar-refractivity contribution in [3.63, 3.8) is 0 Å². The number of ether oxygens (including phenoxy) is 2. The molecular weight excluding hydrogens is 252 g/mol. The normalized spacial score (nSPS) is 16.8. The number of carbonyl (C=O) groups excluding carboxylic acids is 1. The van der Waals surface area contributed by atoms with Crippen molar-refractivity contribution in [2.75, 3.05) is 6.61 Å². The molecule has 2 aromatic carbocycles. The van der Waals surface area contributed by atoms with E-state index >= 15 is 0 Å². The first-order chi connectivity index (χ1) is 9.65. The van der Waals surface area contributed by atoms with E-state index in [0.717, 1.165) is 5.56 Å². The van der Waals surface area contributed by atoms with E-state index in [1.807, 2.05) is 56.3 Å². The second-order valence-corrected chi connectivity index (χ2v) is 5.03. The van der Waals surface area contributed by atoms with Crippen molar-refractivity contribution in [1.82, 2.24) is 0 Å². The van der Waals surface area contributed by atoms with Crippen molar-refractivity contribution in [1.29, 1.82) is 0 Å². The molecule has 0 N–H and O–H groups in total. The summed E-state index contributed by atoms with van der Waals surface area (Å²) in [5, 5.41) is 0. The number of Topliss-reactive ketones (excluding diaryl/α,β-unsaturated/α-hetero) is 1. The Balaban J connectivity index is 1.84. The van der Waals surface area contributed by atoms with Crippen molar-refractivity contribution in [2.24, 2.45) is 0 Å². The van der Waals surface area contributed by atoms with Crippen molar-refractivity contribution in [3.8, 4) is 11.5 Å². The fraction of sp³-hybridized carbons (Fsp3) is 0.235. The minimum atomic E-state index is -0.577. The van der Waals surface area contributed by atoms with Gasteiger partial charge in [0.05, 0.1) is 0 Å². The topological polar surface area (TPSA) is 35.5 Å². The molecular formula is C17H16O3. The third-order valence-corrected chi connectivity index (χ3v) is 3.59. The second kappa shape index (κ2) is 5.00. The average Bonchev–Trinajstić information content (AvgIpc) is 2.49. The van der Waals surface area contributed by atoms with E-state index in [1.54, 1.807) is 0 Å². The number of rotatable bonds is 2. The lowest BCUT2D eigenvalue weighted by molar-refractivity contribution is 0.0586. The monoisotopic (exact) mass is 268 g/mol. The van der Waals surface area contributed by atoms with Crippen molar-refractivity contribution >= 4 is 5.78 Å². The first-order valence-electron chi connectivity index (χ1n) is 6.65. The van der Waals surface area contributed by atoms with E-state index in [0.29, 0.717) is 17.1 Å². The summed E-state index contributed by atoms with van der Waals surface area (Å²) in [7, 11) is 0. The Morgan fingerprint density at radius 2 is 1.80 bits per heavy atom. The van der Waals surface area contributed by atoms with Crippen LogP contribution in [0.3, 0.4) is 0 Å². The highest BCUT2D eigenvalue weighted by Crippen LogP contribution is 2.31. The summed E-state index contributed by atoms with van der Waals surface area (Å²) in [6.07, 6.45) is -0.577. The van der Waals surface area contributed by atoms with Gasteiger partial charge in [0.15, 0.2) is 17.6 Å². The molecule has 0 amide bonds. The van der Waals surface area contributed by atoms with Crippen LogP contribution in [-0.4, -0.2) is 18.5 Å². The lowest BCUT2D eigenvalue weighted by Crippen LogP contribution is -2.36. The molecule has 0 fully saturated rings. The van der Waals surface area contributed by atoms with E-state index in [4.69, 9.17) is 9.47 Å². The van der Waals surface area contributed by atoms with E-state index in [2.05, 4.69) is 0 Å². The highest BCUT2D eigenvalue weighted by molar-refractivity contribution is 6.00. The van der Waals surface area contributed by atoms with Gasteiger partial charge in [0.2, 0.25) is 5.78 Å². The fourth-order valence-corrected chi connectivity index (χ4v) is 2.23. The van der Waals surface area contributed by atoms with E-state index in [-0.39, 0.29) is 12.4 Å². The molecule has 2 aromatic rings. The predicted octanol–water partition coefficient (Wildman–Crippen LogP) is 3.33. The van der Waals surface area contributed by atoms with Crippen LogP contribution in [0, 0.1) is 13.8 Å². The summed E-state index contributed by atoms with van der Waals surface area (Å²) in [4.78, 5) is 12.5. The minimum Gasteiger partial charge on any atom is -0.485 e. The number of hydrogen-bond donors (Lipinski definition) is 0. The second-order valence-electron chi connectivity index (χ2n) is 5.03. The van der Waals surface area contributed by atoms with Crippen LogP contribution in [-0.2, 0) is 0 Å². The van der Waals surface area contributed by atoms with Crippen LogP contribution < -0.4 is 9.47 Å². The van der Waals surface area contributed by atoms with Gasteiger partial charge in [0.25, 0.3) is 0 Å². The molecule has 0 aliphatic carbocycles. The summed E-state index contributed by atoms with van der Waals surface area (Å²) >= 11 is 0. The van der Waals surface area contributed by atoms with Gasteiger partial charge in [-0.2, -0.15) is 0 Å². The number of para-hydroxylation sites is 2. The van der Waals surface area contributed by atoms with Gasteiger partial charge < -0.3 is 9.47 Å². The van der Waals surface area contributed by atoms with Crippen LogP contribution in [0.2, 0.25) is 0 Å². The Morgan fingerprint density at radius 3 is 2.55 bits per heavy atom. The molecule has 0 spiro atoms. The number of benzene rings is 2. The molecule has 1 aliphatic heterocycles. The molecule has 20 heavy (non-hydrogen) atoms. The maximum atomic E-state index is 12.5. The lowest BCUT2D eigenvalue weighted by atomic mass is 10.0. The molecule has 3 heteroatoms. The molecule has 1 unspecified atom stereocenters. The van der Waals surface area contributed by atoms with Crippen LogP contribution in [0.15, 0.2) is 42.5 Å². The Labute approximate surface area is 118 Å². The van der Waals surface area contributed by atoms with Gasteiger partial charge in [-0.25, -0.2) is 0 Å². The maximum Gasteiger partial charge on any atom is 0.206 e. The van der Waals surface area contributed by atoms with E-state index in [1.165, 1.54) is 5.56 Å². The van der Waals surface area contributed by atoms with Crippen molar-refractivity contribution in [2.45, 2.75) is 20.0 Å². The molecule has 1 aliphatic rings. The van der Waals surface area contributed by atoms with Gasteiger partial charge in [-0.1, -0.05) is 24.3 Å². The van der Waals surface area contributed by atoms with Gasteiger partial charge in [-0.15, -0.1) is 0 Å². The van der Waals surface area contributed by atoms with Crippen LogP contribution in [0.1, 0.15) is 21.5 Å². The standard InChI is InChI=1S/C17H16O3/c1-11-7-8-13(9-12(11)2)17(18)16-10-19-14-5-3-4-6-15(14)20-16/h3-9,16H,10H2,1-2H3. The summed E-state index contributed by atoms with van der Waals surface area (Å²) in [5.41, 5.74) is 2.95. The van der Waals surface area contributed by atoms with Gasteiger partial charge in [0.1, 0.15) is 6.61 Å². The first kappa shape index (κ1) is 12.7. The third-order valence-electron chi connectivity index (χ3n) is 3.59. The number of fused-ring (bicyclic) bond motifs is 1. The van der Waals surface area contributed by atoms with Gasteiger partial charge in [-0.3, -0.25) is 4.79 Å². The van der Waals surface area contributed by atoms with Crippen molar-refractivity contribution in [3.05, 3.63) is 59.2 Å². The molecule has 0 saturated carbocycles. The minimum absolute atomic E-state index is 0.0393. The van der Waals surface area contributed by atoms with Crippen molar-refractivity contribution < 1.29 is 14.3 Å². The first-order valence-corrected chi connectivity index (χ1v) is 6.65. The van der Waals surface area contributed by atoms with E-state index < -0.39 is 6.10 Å². The molecule has 3 nitrogen and oxygen atoms in total. The zero-order valence-corrected chi connectivity index (χ0v) is 11.6. The predicted molar refractivity (Wildman–Crippen MR) is 76.6 cm³/mol. The Hall–Kier alpha value is -2.29. The van der Waals surface area contributed by atoms with Gasteiger partial charge in [0, 0.05) is 5.56 Å². The lowest BCUT2D eigenvalue weighted by Gasteiger charge is -2.25. The zero-order chi connectivity index (χ0) is 14.1. The summed E-state index contributed by atoms with van der Waals surface area (Å²) in [5.74, 6) is 1.28. The molecule has 0 bridgehead atoms. The molecule has 1 atom stereocenters. The molecule has 102 valence electrons. The maximum absolute atomic E-state index is 12.5. The Kier molecular flexibility index (Phi) is 3.18. The largest absolute Gasteiger partial charge is 0.485 e. The summed E-state index contributed by atoms with van der Waals surface area (Å²) < 4.78 is 11.3. The average molecular weight is 268 g/mol. The highest BCUT2D eigenvalue weighted by Gasteiger charge is 2.28. The zero-order valence-electron chi connectivity index (χ0n) is 11.6. The SMILES string of the molecule is Cc1ccc(C(=O)C2COc3ccccc3O2)cc1C. The van der Waals surface area contributed by atoms with Gasteiger partial charge >= 0.3 is 0 Å². The number of aryl methyl sites for hydroxylation is 2. The highest BCUT2D eigenvalue weighted by atomic mass is 16.6. The number of ketones is 1. The Morgan fingerprint density at radius 1 is 1.05 bits per heavy atom. The Bertz CT molecular complexity index is 661. The third kappa shape index (κ3) is 2.27. The number of carbonyl (C=O) groups is 1. The molecule has 0 aromatic heterocycles. The van der Waals surface area contributed by atoms with Crippen LogP contribution in [0.4, 0.5) is 0 Å². The smallest absolute Gasteiger partial charge is 0.206 e. The molecule has 0 saturated heterocycles. The van der Waals surface area contributed by atoms with Gasteiger partial charge in [-0.05, 0) is 43.2 Å². The molecule has 0 radical (unpaired) electrons. The molecule has 3 rings (SSSR count). The van der Waals surface area contributed by atoms with E-state index in [9.17, 15) is 4.79 Å². The summed E-state index contributed by atoms with van der Waals surface area (Å²) in [6, 6.07) is 13.1. The van der Waals surface area contributed by atoms with Crippen LogP contribution in [0.5, 0.6) is 11.5 Å². The molecule has 1 heterocycles.